The van der Waals surface area contributed by atoms with E-state index < -0.39 is 11.6 Å². The molecule has 1 aliphatic carbocycles. The second-order valence-corrected chi connectivity index (χ2v) is 7.35. The van der Waals surface area contributed by atoms with Crippen LogP contribution in [-0.4, -0.2) is 12.6 Å². The molecule has 2 unspecified atom stereocenters. The molecule has 118 valence electrons. The lowest BCUT2D eigenvalue weighted by Crippen LogP contribution is -2.44. The fourth-order valence-electron chi connectivity index (χ4n) is 3.57. The molecule has 0 saturated heterocycles. The van der Waals surface area contributed by atoms with Crippen LogP contribution in [-0.2, 0) is 6.42 Å². The first-order chi connectivity index (χ1) is 9.86. The van der Waals surface area contributed by atoms with Gasteiger partial charge in [-0.1, -0.05) is 33.6 Å². The molecular formula is C18H27F2N. The van der Waals surface area contributed by atoms with E-state index in [0.717, 1.165) is 18.2 Å². The lowest BCUT2D eigenvalue weighted by molar-refractivity contribution is 0.131. The molecule has 0 amide bonds. The maximum atomic E-state index is 13.2. The van der Waals surface area contributed by atoms with Gasteiger partial charge in [0.2, 0.25) is 0 Å². The van der Waals surface area contributed by atoms with Crippen LogP contribution in [0.2, 0.25) is 0 Å². The van der Waals surface area contributed by atoms with Gasteiger partial charge in [0, 0.05) is 12.1 Å². The summed E-state index contributed by atoms with van der Waals surface area (Å²) in [6.45, 7) is 7.69. The predicted molar refractivity (Wildman–Crippen MR) is 83.3 cm³/mol. The fraction of sp³-hybridized carbons (Fsp3) is 0.667. The number of rotatable bonds is 4. The molecule has 0 aromatic heterocycles. The predicted octanol–water partition coefficient (Wildman–Crippen LogP) is 4.70. The summed E-state index contributed by atoms with van der Waals surface area (Å²) in [5.41, 5.74) is 1.03. The minimum atomic E-state index is -0.491. The van der Waals surface area contributed by atoms with Crippen LogP contribution < -0.4 is 5.32 Å². The van der Waals surface area contributed by atoms with Crippen LogP contribution >= 0.6 is 0 Å². The van der Waals surface area contributed by atoms with E-state index in [9.17, 15) is 8.78 Å². The molecule has 2 atom stereocenters. The fourth-order valence-corrected chi connectivity index (χ4v) is 3.57. The second-order valence-electron chi connectivity index (χ2n) is 7.35. The van der Waals surface area contributed by atoms with Crippen molar-refractivity contribution in [1.29, 1.82) is 0 Å². The van der Waals surface area contributed by atoms with E-state index in [0.29, 0.717) is 23.8 Å². The zero-order valence-electron chi connectivity index (χ0n) is 13.4. The van der Waals surface area contributed by atoms with Crippen molar-refractivity contribution in [3.8, 4) is 0 Å². The molecular weight excluding hydrogens is 268 g/mol. The molecule has 1 nitrogen and oxygen atoms in total. The zero-order valence-corrected chi connectivity index (χ0v) is 13.4. The molecule has 1 aliphatic rings. The third kappa shape index (κ3) is 4.77. The van der Waals surface area contributed by atoms with Gasteiger partial charge in [-0.2, -0.15) is 0 Å². The van der Waals surface area contributed by atoms with Gasteiger partial charge >= 0.3 is 0 Å². The van der Waals surface area contributed by atoms with Crippen molar-refractivity contribution >= 4 is 0 Å². The molecule has 1 saturated carbocycles. The number of nitrogens with one attached hydrogen (secondary N) is 1. The lowest BCUT2D eigenvalue weighted by Gasteiger charge is -2.41. The summed E-state index contributed by atoms with van der Waals surface area (Å²) >= 11 is 0. The van der Waals surface area contributed by atoms with Gasteiger partial charge in [0.05, 0.1) is 0 Å². The van der Waals surface area contributed by atoms with Crippen molar-refractivity contribution in [3.05, 3.63) is 35.4 Å². The first-order valence-electron chi connectivity index (χ1n) is 8.04. The van der Waals surface area contributed by atoms with Gasteiger partial charge in [0.15, 0.2) is 0 Å². The van der Waals surface area contributed by atoms with E-state index >= 15 is 0 Å². The van der Waals surface area contributed by atoms with Gasteiger partial charge < -0.3 is 5.32 Å². The smallest absolute Gasteiger partial charge is 0.126 e. The maximum absolute atomic E-state index is 13.2. The van der Waals surface area contributed by atoms with Crippen LogP contribution in [0.5, 0.6) is 0 Å². The monoisotopic (exact) mass is 295 g/mol. The number of halogens is 2. The van der Waals surface area contributed by atoms with Crippen molar-refractivity contribution in [3.63, 3.8) is 0 Å². The summed E-state index contributed by atoms with van der Waals surface area (Å²) in [4.78, 5) is 0. The molecule has 0 heterocycles. The summed E-state index contributed by atoms with van der Waals surface area (Å²) < 4.78 is 26.3. The molecule has 1 aromatic rings. The Balaban J connectivity index is 1.89. The summed E-state index contributed by atoms with van der Waals surface area (Å²) in [5, 5.41) is 3.62. The normalized spacial score (nSPS) is 23.3. The van der Waals surface area contributed by atoms with E-state index in [-0.39, 0.29) is 0 Å². The number of hydrogen-bond acceptors (Lipinski definition) is 1. The molecule has 0 aliphatic heterocycles. The van der Waals surface area contributed by atoms with E-state index in [1.807, 2.05) is 0 Å². The minimum absolute atomic E-state index is 0.309. The van der Waals surface area contributed by atoms with E-state index in [4.69, 9.17) is 0 Å². The lowest BCUT2D eigenvalue weighted by atomic mass is 9.69. The Kier molecular flexibility index (Phi) is 5.37. The summed E-state index contributed by atoms with van der Waals surface area (Å²) in [7, 11) is 0. The van der Waals surface area contributed by atoms with Gasteiger partial charge in [0.1, 0.15) is 11.6 Å². The average molecular weight is 295 g/mol. The Morgan fingerprint density at radius 2 is 1.67 bits per heavy atom. The topological polar surface area (TPSA) is 12.0 Å². The Labute approximate surface area is 127 Å². The highest BCUT2D eigenvalue weighted by Gasteiger charge is 2.33. The van der Waals surface area contributed by atoms with Crippen molar-refractivity contribution in [2.75, 3.05) is 6.54 Å². The Hall–Kier alpha value is -0.960. The molecule has 0 bridgehead atoms. The van der Waals surface area contributed by atoms with Crippen molar-refractivity contribution < 1.29 is 8.78 Å². The summed E-state index contributed by atoms with van der Waals surface area (Å²) in [6.07, 6.45) is 5.74. The molecule has 1 fully saturated rings. The zero-order chi connectivity index (χ0) is 15.5. The van der Waals surface area contributed by atoms with Crippen LogP contribution in [0, 0.1) is 23.0 Å². The van der Waals surface area contributed by atoms with Crippen LogP contribution in [0.4, 0.5) is 8.78 Å². The Morgan fingerprint density at radius 1 is 1.05 bits per heavy atom. The molecule has 1 aromatic carbocycles. The van der Waals surface area contributed by atoms with Gasteiger partial charge in [-0.05, 0) is 54.8 Å². The third-order valence-corrected chi connectivity index (χ3v) is 4.62. The number of hydrogen-bond donors (Lipinski definition) is 1. The molecule has 2 rings (SSSR count). The average Bonchev–Trinajstić information content (AvgIpc) is 2.37. The van der Waals surface area contributed by atoms with Gasteiger partial charge in [0.25, 0.3) is 0 Å². The first-order valence-corrected chi connectivity index (χ1v) is 8.04. The summed E-state index contributed by atoms with van der Waals surface area (Å²) in [6, 6.07) is 4.30. The van der Waals surface area contributed by atoms with Crippen molar-refractivity contribution in [2.24, 2.45) is 11.3 Å². The first kappa shape index (κ1) is 16.4. The largest absolute Gasteiger partial charge is 0.313 e. The minimum Gasteiger partial charge on any atom is -0.313 e. The maximum Gasteiger partial charge on any atom is 0.126 e. The molecule has 0 radical (unpaired) electrons. The van der Waals surface area contributed by atoms with Gasteiger partial charge in [-0.3, -0.25) is 0 Å². The van der Waals surface area contributed by atoms with Crippen molar-refractivity contribution in [1.82, 2.24) is 5.32 Å². The van der Waals surface area contributed by atoms with Gasteiger partial charge in [-0.25, -0.2) is 8.78 Å². The molecule has 21 heavy (non-hydrogen) atoms. The highest BCUT2D eigenvalue weighted by molar-refractivity contribution is 5.18. The van der Waals surface area contributed by atoms with E-state index in [1.54, 1.807) is 0 Å². The van der Waals surface area contributed by atoms with Gasteiger partial charge in [-0.15, -0.1) is 0 Å². The van der Waals surface area contributed by atoms with Crippen LogP contribution in [0.25, 0.3) is 0 Å². The molecule has 0 spiro atoms. The highest BCUT2D eigenvalue weighted by Crippen LogP contribution is 2.37. The third-order valence-electron chi connectivity index (χ3n) is 4.62. The summed E-state index contributed by atoms with van der Waals surface area (Å²) in [5.74, 6) is -0.305. The molecule has 3 heteroatoms. The van der Waals surface area contributed by atoms with Crippen molar-refractivity contribution in [2.45, 2.75) is 58.9 Å². The SMILES string of the molecule is CC(C)(C)C1CCCCC1NCCc1cc(F)cc(F)c1. The van der Waals surface area contributed by atoms with Crippen LogP contribution in [0.3, 0.4) is 0 Å². The van der Waals surface area contributed by atoms with Crippen LogP contribution in [0.15, 0.2) is 18.2 Å². The van der Waals surface area contributed by atoms with Crippen LogP contribution in [0.1, 0.15) is 52.0 Å². The highest BCUT2D eigenvalue weighted by atomic mass is 19.1. The van der Waals surface area contributed by atoms with E-state index in [2.05, 4.69) is 26.1 Å². The Bertz CT molecular complexity index is 445. The standard InChI is InChI=1S/C18H27F2N/c1-18(2,3)16-6-4-5-7-17(16)21-9-8-13-10-14(19)12-15(20)11-13/h10-12,16-17,21H,4-9H2,1-3H3. The quantitative estimate of drug-likeness (QED) is 0.849. The Morgan fingerprint density at radius 3 is 2.29 bits per heavy atom. The number of benzene rings is 1. The van der Waals surface area contributed by atoms with E-state index in [1.165, 1.54) is 37.8 Å². The molecule has 1 N–H and O–H groups in total. The second kappa shape index (κ2) is 6.87.